The maximum atomic E-state index is 11.7. The van der Waals surface area contributed by atoms with E-state index in [1.165, 1.54) is 0 Å². The minimum atomic E-state index is -0.390. The highest BCUT2D eigenvalue weighted by atomic mass is 16.1. The van der Waals surface area contributed by atoms with Gasteiger partial charge in [0.1, 0.15) is 23.3 Å². The maximum Gasteiger partial charge on any atom is 0.266 e. The standard InChI is InChI=1S/C16H11N5O/c1-2-13-12(5-11(7-18)16(22)20-13)14-9-21-8-10(6-17)3-4-15(21)19-14/h3-5,8-9H,2H2,1H3,(H,20,22). The van der Waals surface area contributed by atoms with Crippen molar-refractivity contribution in [2.45, 2.75) is 13.3 Å². The van der Waals surface area contributed by atoms with E-state index in [2.05, 4.69) is 16.0 Å². The molecule has 0 saturated carbocycles. The van der Waals surface area contributed by atoms with Gasteiger partial charge in [-0.3, -0.25) is 4.79 Å². The van der Waals surface area contributed by atoms with Gasteiger partial charge in [-0.1, -0.05) is 6.92 Å². The fraction of sp³-hybridized carbons (Fsp3) is 0.125. The molecule has 3 aromatic heterocycles. The molecule has 6 nitrogen and oxygen atoms in total. The van der Waals surface area contributed by atoms with Gasteiger partial charge in [0.05, 0.1) is 11.3 Å². The van der Waals surface area contributed by atoms with Crippen molar-refractivity contribution in [2.24, 2.45) is 0 Å². The second-order valence-electron chi connectivity index (χ2n) is 4.79. The zero-order valence-corrected chi connectivity index (χ0v) is 11.8. The average molecular weight is 289 g/mol. The lowest BCUT2D eigenvalue weighted by Gasteiger charge is -2.04. The number of nitrogens with zero attached hydrogens (tertiary/aromatic N) is 4. The van der Waals surface area contributed by atoms with Crippen LogP contribution in [0, 0.1) is 22.7 Å². The minimum absolute atomic E-state index is 0.0574. The van der Waals surface area contributed by atoms with E-state index in [1.807, 2.05) is 13.0 Å². The molecule has 3 aromatic rings. The Morgan fingerprint density at radius 1 is 1.27 bits per heavy atom. The first-order chi connectivity index (χ1) is 10.7. The Labute approximate surface area is 125 Å². The molecule has 0 aliphatic carbocycles. The van der Waals surface area contributed by atoms with Crippen LogP contribution in [0.15, 0.2) is 35.4 Å². The van der Waals surface area contributed by atoms with Crippen molar-refractivity contribution in [1.29, 1.82) is 10.5 Å². The van der Waals surface area contributed by atoms with Crippen molar-refractivity contribution in [3.05, 3.63) is 57.8 Å². The van der Waals surface area contributed by atoms with Gasteiger partial charge in [0, 0.05) is 23.7 Å². The second-order valence-corrected chi connectivity index (χ2v) is 4.79. The van der Waals surface area contributed by atoms with Crippen LogP contribution in [0.1, 0.15) is 23.7 Å². The Morgan fingerprint density at radius 2 is 2.09 bits per heavy atom. The van der Waals surface area contributed by atoms with Crippen LogP contribution in [0.25, 0.3) is 16.9 Å². The number of nitriles is 2. The van der Waals surface area contributed by atoms with Gasteiger partial charge >= 0.3 is 0 Å². The molecule has 3 heterocycles. The number of hydrogen-bond acceptors (Lipinski definition) is 4. The molecule has 0 saturated heterocycles. The zero-order valence-electron chi connectivity index (χ0n) is 11.8. The molecule has 0 aliphatic heterocycles. The molecule has 6 heteroatoms. The number of nitrogens with one attached hydrogen (secondary N) is 1. The fourth-order valence-electron chi connectivity index (χ4n) is 2.35. The molecule has 1 N–H and O–H groups in total. The smallest absolute Gasteiger partial charge is 0.266 e. The van der Waals surface area contributed by atoms with E-state index in [1.54, 1.807) is 35.0 Å². The summed E-state index contributed by atoms with van der Waals surface area (Å²) in [4.78, 5) is 19.0. The minimum Gasteiger partial charge on any atom is -0.324 e. The topological polar surface area (TPSA) is 97.7 Å². The Kier molecular flexibility index (Phi) is 3.21. The van der Waals surface area contributed by atoms with Crippen LogP contribution in [0.2, 0.25) is 0 Å². The van der Waals surface area contributed by atoms with Crippen molar-refractivity contribution in [3.8, 4) is 23.4 Å². The number of aromatic amines is 1. The highest BCUT2D eigenvalue weighted by Crippen LogP contribution is 2.23. The molecule has 0 aliphatic rings. The third kappa shape index (κ3) is 2.13. The molecule has 0 fully saturated rings. The summed E-state index contributed by atoms with van der Waals surface area (Å²) in [6.45, 7) is 1.92. The van der Waals surface area contributed by atoms with Gasteiger partial charge in [0.2, 0.25) is 0 Å². The van der Waals surface area contributed by atoms with Crippen LogP contribution in [0.3, 0.4) is 0 Å². The lowest BCUT2D eigenvalue weighted by atomic mass is 10.1. The maximum absolute atomic E-state index is 11.7. The predicted molar refractivity (Wildman–Crippen MR) is 80.1 cm³/mol. The van der Waals surface area contributed by atoms with Crippen LogP contribution in [-0.2, 0) is 6.42 Å². The number of rotatable bonds is 2. The van der Waals surface area contributed by atoms with Crippen molar-refractivity contribution in [1.82, 2.24) is 14.4 Å². The van der Waals surface area contributed by atoms with Gasteiger partial charge in [-0.2, -0.15) is 10.5 Å². The first kappa shape index (κ1) is 13.6. The van der Waals surface area contributed by atoms with Gasteiger partial charge < -0.3 is 9.38 Å². The summed E-state index contributed by atoms with van der Waals surface area (Å²) in [7, 11) is 0. The first-order valence-corrected chi connectivity index (χ1v) is 6.71. The number of H-pyrrole nitrogens is 1. The second kappa shape index (κ2) is 5.19. The lowest BCUT2D eigenvalue weighted by molar-refractivity contribution is 1.01. The Balaban J connectivity index is 2.25. The molecule has 0 unspecified atom stereocenters. The van der Waals surface area contributed by atoms with Crippen LogP contribution in [0.5, 0.6) is 0 Å². The van der Waals surface area contributed by atoms with Crippen LogP contribution >= 0.6 is 0 Å². The van der Waals surface area contributed by atoms with Crippen LogP contribution in [0.4, 0.5) is 0 Å². The normalized spacial score (nSPS) is 10.3. The third-order valence-electron chi connectivity index (χ3n) is 3.45. The van der Waals surface area contributed by atoms with Gasteiger partial charge in [-0.15, -0.1) is 0 Å². The molecule has 0 aromatic carbocycles. The van der Waals surface area contributed by atoms with Gasteiger partial charge in [-0.25, -0.2) is 4.98 Å². The monoisotopic (exact) mass is 289 g/mol. The number of aryl methyl sites for hydroxylation is 1. The lowest BCUT2D eigenvalue weighted by Crippen LogP contribution is -2.13. The quantitative estimate of drug-likeness (QED) is 0.780. The highest BCUT2D eigenvalue weighted by molar-refractivity contribution is 5.66. The predicted octanol–water partition coefficient (Wildman–Crippen LogP) is 2.00. The molecule has 0 bridgehead atoms. The number of hydrogen-bond donors (Lipinski definition) is 1. The van der Waals surface area contributed by atoms with E-state index in [0.29, 0.717) is 23.3 Å². The summed E-state index contributed by atoms with van der Waals surface area (Å²) < 4.78 is 1.75. The summed E-state index contributed by atoms with van der Waals surface area (Å²) in [6, 6.07) is 8.97. The van der Waals surface area contributed by atoms with Crippen molar-refractivity contribution in [2.75, 3.05) is 0 Å². The molecule has 0 radical (unpaired) electrons. The molecular weight excluding hydrogens is 278 g/mol. The zero-order chi connectivity index (χ0) is 15.7. The largest absolute Gasteiger partial charge is 0.324 e. The van der Waals surface area contributed by atoms with E-state index in [4.69, 9.17) is 10.5 Å². The molecule has 0 atom stereocenters. The number of imidazole rings is 1. The van der Waals surface area contributed by atoms with Crippen molar-refractivity contribution >= 4 is 5.65 Å². The van der Waals surface area contributed by atoms with Crippen LogP contribution < -0.4 is 5.56 Å². The summed E-state index contributed by atoms with van der Waals surface area (Å²) in [5.74, 6) is 0. The summed E-state index contributed by atoms with van der Waals surface area (Å²) in [5.41, 5.74) is 3.00. The van der Waals surface area contributed by atoms with Gasteiger partial charge in [0.25, 0.3) is 5.56 Å². The van der Waals surface area contributed by atoms with Gasteiger partial charge in [-0.05, 0) is 24.6 Å². The van der Waals surface area contributed by atoms with E-state index in [-0.39, 0.29) is 5.56 Å². The molecule has 0 spiro atoms. The Morgan fingerprint density at radius 3 is 2.77 bits per heavy atom. The molecule has 22 heavy (non-hydrogen) atoms. The summed E-state index contributed by atoms with van der Waals surface area (Å²) in [5, 5.41) is 18.0. The van der Waals surface area contributed by atoms with Crippen molar-refractivity contribution in [3.63, 3.8) is 0 Å². The summed E-state index contributed by atoms with van der Waals surface area (Å²) >= 11 is 0. The van der Waals surface area contributed by atoms with E-state index < -0.39 is 5.56 Å². The molecule has 3 rings (SSSR count). The molecule has 106 valence electrons. The first-order valence-electron chi connectivity index (χ1n) is 6.71. The number of fused-ring (bicyclic) bond motifs is 1. The van der Waals surface area contributed by atoms with E-state index >= 15 is 0 Å². The fourth-order valence-corrected chi connectivity index (χ4v) is 2.35. The SMILES string of the molecule is CCc1[nH]c(=O)c(C#N)cc1-c1cn2cc(C#N)ccc2n1. The molecular formula is C16H11N5O. The van der Waals surface area contributed by atoms with Crippen molar-refractivity contribution < 1.29 is 0 Å². The highest BCUT2D eigenvalue weighted by Gasteiger charge is 2.12. The Bertz CT molecular complexity index is 1010. The summed E-state index contributed by atoms with van der Waals surface area (Å²) in [6.07, 6.45) is 4.09. The third-order valence-corrected chi connectivity index (χ3v) is 3.45. The average Bonchev–Trinajstić information content (AvgIpc) is 2.97. The van der Waals surface area contributed by atoms with E-state index in [0.717, 1.165) is 11.3 Å². The number of pyridine rings is 2. The van der Waals surface area contributed by atoms with Gasteiger partial charge in [0.15, 0.2) is 0 Å². The Hall–Kier alpha value is -3.38. The van der Waals surface area contributed by atoms with E-state index in [9.17, 15) is 4.79 Å². The van der Waals surface area contributed by atoms with Crippen LogP contribution in [-0.4, -0.2) is 14.4 Å². The molecule has 0 amide bonds. The number of aromatic nitrogens is 3.